The summed E-state index contributed by atoms with van der Waals surface area (Å²) in [6.45, 7) is 1.96. The van der Waals surface area contributed by atoms with E-state index in [1.807, 2.05) is 43.3 Å². The Bertz CT molecular complexity index is 567. The van der Waals surface area contributed by atoms with Crippen LogP contribution in [0.4, 0.5) is 5.82 Å². The highest BCUT2D eigenvalue weighted by molar-refractivity contribution is 9.08. The number of rotatable bonds is 4. The second-order valence-corrected chi connectivity index (χ2v) is 4.91. The van der Waals surface area contributed by atoms with E-state index < -0.39 is 0 Å². The van der Waals surface area contributed by atoms with Crippen molar-refractivity contribution in [2.45, 2.75) is 18.7 Å². The number of amides is 1. The van der Waals surface area contributed by atoms with E-state index in [9.17, 15) is 4.79 Å². The maximum Gasteiger partial charge on any atom is 0.229 e. The highest BCUT2D eigenvalue weighted by Gasteiger charge is 2.07. The highest BCUT2D eigenvalue weighted by Crippen LogP contribution is 2.14. The number of hydrogen-bond donors (Lipinski definition) is 1. The van der Waals surface area contributed by atoms with Crippen molar-refractivity contribution in [3.63, 3.8) is 0 Å². The summed E-state index contributed by atoms with van der Waals surface area (Å²) in [7, 11) is 0. The second kappa shape index (κ2) is 6.48. The molecule has 2 aromatic rings. The van der Waals surface area contributed by atoms with Gasteiger partial charge in [-0.1, -0.05) is 46.3 Å². The topological polar surface area (TPSA) is 42.0 Å². The fourth-order valence-corrected chi connectivity index (χ4v) is 2.31. The number of halogens is 1. The molecule has 1 heterocycles. The lowest BCUT2D eigenvalue weighted by molar-refractivity contribution is -0.115. The van der Waals surface area contributed by atoms with Crippen molar-refractivity contribution in [3.8, 4) is 0 Å². The molecule has 1 aromatic heterocycles. The number of aryl methyl sites for hydroxylation is 1. The molecule has 0 unspecified atom stereocenters. The molecule has 3 nitrogen and oxygen atoms in total. The average molecular weight is 319 g/mol. The van der Waals surface area contributed by atoms with Gasteiger partial charge in [-0.15, -0.1) is 0 Å². The van der Waals surface area contributed by atoms with Gasteiger partial charge >= 0.3 is 0 Å². The largest absolute Gasteiger partial charge is 0.310 e. The summed E-state index contributed by atoms with van der Waals surface area (Å²) in [6.07, 6.45) is 2.10. The number of benzene rings is 1. The van der Waals surface area contributed by atoms with Crippen LogP contribution in [-0.4, -0.2) is 10.9 Å². The van der Waals surface area contributed by atoms with Gasteiger partial charge in [-0.25, -0.2) is 4.98 Å². The summed E-state index contributed by atoms with van der Waals surface area (Å²) in [5, 5.41) is 3.55. The summed E-state index contributed by atoms with van der Waals surface area (Å²) >= 11 is 3.43. The Morgan fingerprint density at radius 3 is 2.58 bits per heavy atom. The van der Waals surface area contributed by atoms with Gasteiger partial charge in [0, 0.05) is 11.5 Å². The number of nitrogens with one attached hydrogen (secondary N) is 1. The van der Waals surface area contributed by atoms with Gasteiger partial charge in [0.05, 0.1) is 6.42 Å². The van der Waals surface area contributed by atoms with Gasteiger partial charge < -0.3 is 5.32 Å². The SMILES string of the molecule is Cc1ccc(NC(=O)Cc2ccccc2CBr)nc1. The summed E-state index contributed by atoms with van der Waals surface area (Å²) in [5.74, 6) is 0.539. The van der Waals surface area contributed by atoms with Gasteiger partial charge in [0.1, 0.15) is 5.82 Å². The molecule has 0 fully saturated rings. The van der Waals surface area contributed by atoms with Crippen molar-refractivity contribution < 1.29 is 4.79 Å². The zero-order valence-electron chi connectivity index (χ0n) is 10.7. The first-order valence-corrected chi connectivity index (χ1v) is 7.16. The molecule has 0 atom stereocenters. The van der Waals surface area contributed by atoms with Crippen molar-refractivity contribution in [3.05, 3.63) is 59.3 Å². The number of aromatic nitrogens is 1. The third-order valence-electron chi connectivity index (χ3n) is 2.79. The Morgan fingerprint density at radius 1 is 1.21 bits per heavy atom. The smallest absolute Gasteiger partial charge is 0.229 e. The number of pyridine rings is 1. The summed E-state index contributed by atoms with van der Waals surface area (Å²) in [6, 6.07) is 11.6. The molecule has 0 bridgehead atoms. The molecule has 0 aliphatic rings. The average Bonchev–Trinajstić information content (AvgIpc) is 2.42. The van der Waals surface area contributed by atoms with Crippen LogP contribution in [0.15, 0.2) is 42.6 Å². The van der Waals surface area contributed by atoms with Gasteiger partial charge in [0.15, 0.2) is 0 Å². The number of carbonyl (C=O) groups excluding carboxylic acids is 1. The van der Waals surface area contributed by atoms with Crippen LogP contribution in [0.1, 0.15) is 16.7 Å². The van der Waals surface area contributed by atoms with Crippen molar-refractivity contribution in [2.24, 2.45) is 0 Å². The van der Waals surface area contributed by atoms with Gasteiger partial charge in [-0.05, 0) is 29.7 Å². The lowest BCUT2D eigenvalue weighted by Crippen LogP contribution is -2.16. The minimum atomic E-state index is -0.0512. The molecule has 0 radical (unpaired) electrons. The Morgan fingerprint density at radius 2 is 1.95 bits per heavy atom. The first-order chi connectivity index (χ1) is 9.19. The van der Waals surface area contributed by atoms with Gasteiger partial charge in [-0.3, -0.25) is 4.79 Å². The minimum Gasteiger partial charge on any atom is -0.310 e. The lowest BCUT2D eigenvalue weighted by atomic mass is 10.1. The first kappa shape index (κ1) is 13.7. The first-order valence-electron chi connectivity index (χ1n) is 6.04. The van der Waals surface area contributed by atoms with E-state index in [1.165, 1.54) is 0 Å². The van der Waals surface area contributed by atoms with Crippen molar-refractivity contribution >= 4 is 27.7 Å². The Labute approximate surface area is 121 Å². The molecular formula is C15H15BrN2O. The van der Waals surface area contributed by atoms with Crippen molar-refractivity contribution in [1.29, 1.82) is 0 Å². The number of carbonyl (C=O) groups is 1. The normalized spacial score (nSPS) is 10.2. The summed E-state index contributed by atoms with van der Waals surface area (Å²) in [5.41, 5.74) is 3.24. The van der Waals surface area contributed by atoms with E-state index in [0.717, 1.165) is 22.0 Å². The maximum atomic E-state index is 12.0. The molecule has 0 spiro atoms. The van der Waals surface area contributed by atoms with E-state index in [4.69, 9.17) is 0 Å². The molecule has 1 N–H and O–H groups in total. The third-order valence-corrected chi connectivity index (χ3v) is 3.40. The zero-order valence-corrected chi connectivity index (χ0v) is 12.3. The fourth-order valence-electron chi connectivity index (χ4n) is 1.76. The van der Waals surface area contributed by atoms with Crippen LogP contribution >= 0.6 is 15.9 Å². The molecule has 0 saturated carbocycles. The molecule has 0 aliphatic carbocycles. The predicted octanol–water partition coefficient (Wildman–Crippen LogP) is 3.47. The van der Waals surface area contributed by atoms with Crippen molar-refractivity contribution in [2.75, 3.05) is 5.32 Å². The van der Waals surface area contributed by atoms with E-state index in [-0.39, 0.29) is 5.91 Å². The van der Waals surface area contributed by atoms with Crippen LogP contribution in [0.25, 0.3) is 0 Å². The standard InChI is InChI=1S/C15H15BrN2O/c1-11-6-7-14(17-10-11)18-15(19)8-12-4-2-3-5-13(12)9-16/h2-7,10H,8-9H2,1H3,(H,17,18,19). The molecule has 2 rings (SSSR count). The Hall–Kier alpha value is -1.68. The molecule has 4 heteroatoms. The molecule has 98 valence electrons. The van der Waals surface area contributed by atoms with Crippen molar-refractivity contribution in [1.82, 2.24) is 4.98 Å². The Kier molecular flexibility index (Phi) is 4.68. The highest BCUT2D eigenvalue weighted by atomic mass is 79.9. The molecule has 0 saturated heterocycles. The van der Waals surface area contributed by atoms with Crippen LogP contribution in [0, 0.1) is 6.92 Å². The van der Waals surface area contributed by atoms with E-state index in [1.54, 1.807) is 6.20 Å². The number of hydrogen-bond acceptors (Lipinski definition) is 2. The summed E-state index contributed by atoms with van der Waals surface area (Å²) in [4.78, 5) is 16.1. The second-order valence-electron chi connectivity index (χ2n) is 4.35. The van der Waals surface area contributed by atoms with Crippen LogP contribution in [-0.2, 0) is 16.5 Å². The van der Waals surface area contributed by atoms with Crippen LogP contribution in [0.5, 0.6) is 0 Å². The predicted molar refractivity (Wildman–Crippen MR) is 80.4 cm³/mol. The quantitative estimate of drug-likeness (QED) is 0.877. The minimum absolute atomic E-state index is 0.0512. The lowest BCUT2D eigenvalue weighted by Gasteiger charge is -2.07. The van der Waals surface area contributed by atoms with Gasteiger partial charge in [0.2, 0.25) is 5.91 Å². The molecule has 1 amide bonds. The molecule has 19 heavy (non-hydrogen) atoms. The molecular weight excluding hydrogens is 304 g/mol. The van der Waals surface area contributed by atoms with Gasteiger partial charge in [0.25, 0.3) is 0 Å². The van der Waals surface area contributed by atoms with E-state index in [2.05, 4.69) is 26.2 Å². The third kappa shape index (κ3) is 3.89. The van der Waals surface area contributed by atoms with E-state index >= 15 is 0 Å². The molecule has 0 aliphatic heterocycles. The fraction of sp³-hybridized carbons (Fsp3) is 0.200. The zero-order chi connectivity index (χ0) is 13.7. The molecule has 1 aromatic carbocycles. The maximum absolute atomic E-state index is 12.0. The van der Waals surface area contributed by atoms with Gasteiger partial charge in [-0.2, -0.15) is 0 Å². The van der Waals surface area contributed by atoms with Crippen LogP contribution < -0.4 is 5.32 Å². The number of anilines is 1. The van der Waals surface area contributed by atoms with Crippen LogP contribution in [0.2, 0.25) is 0 Å². The summed E-state index contributed by atoms with van der Waals surface area (Å²) < 4.78 is 0. The van der Waals surface area contributed by atoms with Crippen LogP contribution in [0.3, 0.4) is 0 Å². The number of nitrogens with zero attached hydrogens (tertiary/aromatic N) is 1. The monoisotopic (exact) mass is 318 g/mol. The number of alkyl halides is 1. The van der Waals surface area contributed by atoms with E-state index in [0.29, 0.717) is 12.2 Å². The Balaban J connectivity index is 2.03.